The minimum Gasteiger partial charge on any atom is -0.497 e. The van der Waals surface area contributed by atoms with Crippen LogP contribution in [0.25, 0.3) is 5.70 Å². The van der Waals surface area contributed by atoms with E-state index in [4.69, 9.17) is 4.74 Å². The molecule has 0 spiro atoms. The fourth-order valence-corrected chi connectivity index (χ4v) is 2.99. The van der Waals surface area contributed by atoms with Gasteiger partial charge in [0.15, 0.2) is 5.78 Å². The smallest absolute Gasteiger partial charge is 0.187 e. The lowest BCUT2D eigenvalue weighted by atomic mass is 9.85. The number of fused-ring (bicyclic) bond motifs is 1. The number of benzene rings is 2. The first-order valence-electron chi connectivity index (χ1n) is 7.75. The Balaban J connectivity index is 2.03. The van der Waals surface area contributed by atoms with Gasteiger partial charge >= 0.3 is 0 Å². The summed E-state index contributed by atoms with van der Waals surface area (Å²) in [6.07, 6.45) is 2.58. The van der Waals surface area contributed by atoms with Crippen LogP contribution in [0.2, 0.25) is 0 Å². The first-order valence-corrected chi connectivity index (χ1v) is 7.75. The zero-order chi connectivity index (χ0) is 16.4. The third-order valence-corrected chi connectivity index (χ3v) is 4.04. The molecule has 23 heavy (non-hydrogen) atoms. The van der Waals surface area contributed by atoms with Crippen molar-refractivity contribution in [3.8, 4) is 5.75 Å². The van der Waals surface area contributed by atoms with E-state index >= 15 is 0 Å². The summed E-state index contributed by atoms with van der Waals surface area (Å²) in [7, 11) is 1.67. The van der Waals surface area contributed by atoms with E-state index in [1.807, 2.05) is 42.5 Å². The Labute approximate surface area is 137 Å². The predicted molar refractivity (Wildman–Crippen MR) is 92.7 cm³/mol. The molecule has 0 fully saturated rings. The fraction of sp³-hybridized carbons (Fsp3) is 0.250. The zero-order valence-corrected chi connectivity index (χ0v) is 13.7. The Morgan fingerprint density at radius 1 is 1.17 bits per heavy atom. The van der Waals surface area contributed by atoms with Gasteiger partial charge in [-0.05, 0) is 44.0 Å². The summed E-state index contributed by atoms with van der Waals surface area (Å²) in [6, 6.07) is 15.3. The molecule has 3 heteroatoms. The van der Waals surface area contributed by atoms with Crippen LogP contribution in [0, 0.1) is 0 Å². The van der Waals surface area contributed by atoms with Gasteiger partial charge in [-0.15, -0.1) is 0 Å². The summed E-state index contributed by atoms with van der Waals surface area (Å²) in [4.78, 5) is 12.5. The zero-order valence-electron chi connectivity index (χ0n) is 13.7. The third-order valence-electron chi connectivity index (χ3n) is 4.04. The molecule has 118 valence electrons. The molecule has 0 amide bonds. The van der Waals surface area contributed by atoms with Gasteiger partial charge in [-0.2, -0.15) is 0 Å². The molecule has 0 unspecified atom stereocenters. The van der Waals surface area contributed by atoms with Crippen molar-refractivity contribution >= 4 is 11.5 Å². The number of ketones is 1. The van der Waals surface area contributed by atoms with Gasteiger partial charge in [0, 0.05) is 28.4 Å². The Morgan fingerprint density at radius 3 is 2.61 bits per heavy atom. The lowest BCUT2D eigenvalue weighted by Gasteiger charge is -2.35. The number of carbonyl (C=O) groups excluding carboxylic acids is 1. The number of allylic oxidation sites excluding steroid dienone is 1. The van der Waals surface area contributed by atoms with E-state index in [1.165, 1.54) is 5.56 Å². The largest absolute Gasteiger partial charge is 0.497 e. The van der Waals surface area contributed by atoms with Gasteiger partial charge in [0.25, 0.3) is 0 Å². The van der Waals surface area contributed by atoms with Crippen LogP contribution < -0.4 is 10.1 Å². The quantitative estimate of drug-likeness (QED) is 0.691. The van der Waals surface area contributed by atoms with Crippen molar-refractivity contribution in [3.05, 3.63) is 71.3 Å². The van der Waals surface area contributed by atoms with Crippen LogP contribution in [0.3, 0.4) is 0 Å². The fourth-order valence-electron chi connectivity index (χ4n) is 2.99. The van der Waals surface area contributed by atoms with Crippen LogP contribution >= 0.6 is 0 Å². The summed E-state index contributed by atoms with van der Waals surface area (Å²) >= 11 is 0. The van der Waals surface area contributed by atoms with Crippen LogP contribution in [-0.2, 0) is 6.42 Å². The highest BCUT2D eigenvalue weighted by Gasteiger charge is 2.28. The number of ether oxygens (including phenoxy) is 1. The summed E-state index contributed by atoms with van der Waals surface area (Å²) < 4.78 is 5.33. The normalized spacial score (nSPS) is 17.3. The van der Waals surface area contributed by atoms with Crippen molar-refractivity contribution in [3.63, 3.8) is 0 Å². The first kappa shape index (κ1) is 15.3. The van der Waals surface area contributed by atoms with Gasteiger partial charge in [-0.25, -0.2) is 0 Å². The van der Waals surface area contributed by atoms with E-state index in [9.17, 15) is 4.79 Å². The summed E-state index contributed by atoms with van der Waals surface area (Å²) in [5.41, 5.74) is 3.71. The Morgan fingerprint density at radius 2 is 1.91 bits per heavy atom. The highest BCUT2D eigenvalue weighted by Crippen LogP contribution is 2.32. The molecule has 1 aliphatic heterocycles. The average molecular weight is 307 g/mol. The Kier molecular flexibility index (Phi) is 3.95. The molecule has 2 aromatic carbocycles. The van der Waals surface area contributed by atoms with E-state index in [-0.39, 0.29) is 11.3 Å². The molecule has 0 aliphatic carbocycles. The predicted octanol–water partition coefficient (Wildman–Crippen LogP) is 3.84. The maximum atomic E-state index is 12.5. The molecule has 0 saturated heterocycles. The average Bonchev–Trinajstić information content (AvgIpc) is 2.54. The molecule has 1 heterocycles. The van der Waals surface area contributed by atoms with E-state index in [1.54, 1.807) is 13.2 Å². The van der Waals surface area contributed by atoms with Crippen LogP contribution in [0.1, 0.15) is 35.3 Å². The monoisotopic (exact) mass is 307 g/mol. The van der Waals surface area contributed by atoms with Crippen molar-refractivity contribution < 1.29 is 9.53 Å². The van der Waals surface area contributed by atoms with Crippen molar-refractivity contribution in [1.29, 1.82) is 0 Å². The van der Waals surface area contributed by atoms with Crippen LogP contribution in [0.4, 0.5) is 0 Å². The number of methoxy groups -OCH3 is 1. The molecule has 1 N–H and O–H groups in total. The molecule has 0 bridgehead atoms. The summed E-state index contributed by atoms with van der Waals surface area (Å²) in [6.45, 7) is 4.27. The number of nitrogens with one attached hydrogen (secondary N) is 1. The molecule has 0 saturated carbocycles. The molecular weight excluding hydrogens is 286 g/mol. The van der Waals surface area contributed by atoms with Crippen LogP contribution in [0.15, 0.2) is 54.6 Å². The molecular formula is C20H21NO2. The van der Waals surface area contributed by atoms with Gasteiger partial charge < -0.3 is 10.1 Å². The minimum absolute atomic E-state index is 0.00701. The maximum absolute atomic E-state index is 12.5. The number of hydrogen-bond donors (Lipinski definition) is 1. The summed E-state index contributed by atoms with van der Waals surface area (Å²) in [5, 5.41) is 3.49. The van der Waals surface area contributed by atoms with E-state index in [0.717, 1.165) is 23.4 Å². The Hall–Kier alpha value is -2.55. The summed E-state index contributed by atoms with van der Waals surface area (Å²) in [5.74, 6) is 0.850. The lowest BCUT2D eigenvalue weighted by Crippen LogP contribution is -2.43. The highest BCUT2D eigenvalue weighted by molar-refractivity contribution is 6.08. The molecule has 0 aromatic heterocycles. The van der Waals surface area contributed by atoms with Gasteiger partial charge in [0.1, 0.15) is 5.75 Å². The second kappa shape index (κ2) is 5.92. The molecule has 0 atom stereocenters. The number of rotatable bonds is 3. The van der Waals surface area contributed by atoms with E-state index in [2.05, 4.69) is 25.2 Å². The Bertz CT molecular complexity index is 760. The van der Waals surface area contributed by atoms with Gasteiger partial charge in [-0.1, -0.05) is 30.3 Å². The van der Waals surface area contributed by atoms with Crippen molar-refractivity contribution in [1.82, 2.24) is 5.32 Å². The van der Waals surface area contributed by atoms with Gasteiger partial charge in [0.05, 0.1) is 7.11 Å². The third kappa shape index (κ3) is 3.29. The van der Waals surface area contributed by atoms with E-state index < -0.39 is 0 Å². The molecule has 3 nitrogen and oxygen atoms in total. The van der Waals surface area contributed by atoms with Crippen molar-refractivity contribution in [2.45, 2.75) is 25.8 Å². The lowest BCUT2D eigenvalue weighted by molar-refractivity contribution is 0.104. The van der Waals surface area contributed by atoms with E-state index in [0.29, 0.717) is 5.56 Å². The second-order valence-electron chi connectivity index (χ2n) is 6.50. The highest BCUT2D eigenvalue weighted by atomic mass is 16.5. The van der Waals surface area contributed by atoms with Crippen molar-refractivity contribution in [2.75, 3.05) is 7.11 Å². The first-order chi connectivity index (χ1) is 11.0. The maximum Gasteiger partial charge on any atom is 0.187 e. The molecule has 2 aromatic rings. The molecule has 0 radical (unpaired) electrons. The second-order valence-corrected chi connectivity index (χ2v) is 6.50. The van der Waals surface area contributed by atoms with Crippen LogP contribution in [0.5, 0.6) is 5.75 Å². The number of hydrogen-bond acceptors (Lipinski definition) is 3. The van der Waals surface area contributed by atoms with Crippen LogP contribution in [-0.4, -0.2) is 18.4 Å². The van der Waals surface area contributed by atoms with Gasteiger partial charge in [0.2, 0.25) is 0 Å². The standard InChI is InChI=1S/C20H21NO2/c1-20(2)13-15-11-16(23-3)9-10-17(15)18(21-20)12-19(22)14-7-5-4-6-8-14/h4-12,21H,13H2,1-3H3. The topological polar surface area (TPSA) is 38.3 Å². The minimum atomic E-state index is -0.109. The van der Waals surface area contributed by atoms with Crippen molar-refractivity contribution in [2.24, 2.45) is 0 Å². The SMILES string of the molecule is COc1ccc2c(c1)CC(C)(C)NC2=CC(=O)c1ccccc1. The molecule has 3 rings (SSSR count). The van der Waals surface area contributed by atoms with Gasteiger partial charge in [-0.3, -0.25) is 4.79 Å². The molecule has 1 aliphatic rings. The number of carbonyl (C=O) groups is 1.